The zero-order valence-corrected chi connectivity index (χ0v) is 15.5. The molecule has 0 aliphatic carbocycles. The summed E-state index contributed by atoms with van der Waals surface area (Å²) in [5, 5.41) is 5.60. The molecule has 26 heavy (non-hydrogen) atoms. The van der Waals surface area contributed by atoms with Crippen LogP contribution in [0.1, 0.15) is 49.5 Å². The number of benzene rings is 2. The SMILES string of the molecule is CCc1ccc([C@@H](N[C@@H](C(=O)NC(N)=O)c2ccccc2)C(C)C)cc1. The second-order valence-electron chi connectivity index (χ2n) is 6.68. The average Bonchev–Trinajstić information content (AvgIpc) is 2.62. The van der Waals surface area contributed by atoms with Crippen molar-refractivity contribution in [2.75, 3.05) is 0 Å². The van der Waals surface area contributed by atoms with Gasteiger partial charge in [-0.25, -0.2) is 4.79 Å². The topological polar surface area (TPSA) is 84.2 Å². The van der Waals surface area contributed by atoms with Crippen molar-refractivity contribution in [2.24, 2.45) is 11.7 Å². The quantitative estimate of drug-likeness (QED) is 0.712. The summed E-state index contributed by atoms with van der Waals surface area (Å²) in [6, 6.07) is 16.1. The van der Waals surface area contributed by atoms with Crippen LogP contribution in [0.2, 0.25) is 0 Å². The molecule has 0 aromatic heterocycles. The van der Waals surface area contributed by atoms with Crippen LogP contribution in [0, 0.1) is 5.92 Å². The number of rotatable bonds is 7. The van der Waals surface area contributed by atoms with Gasteiger partial charge in [-0.05, 0) is 29.0 Å². The van der Waals surface area contributed by atoms with Crippen molar-refractivity contribution in [3.63, 3.8) is 0 Å². The van der Waals surface area contributed by atoms with E-state index in [1.54, 1.807) is 0 Å². The third-order valence-electron chi connectivity index (χ3n) is 4.40. The summed E-state index contributed by atoms with van der Waals surface area (Å²) in [6.07, 6.45) is 0.980. The Balaban J connectivity index is 2.32. The van der Waals surface area contributed by atoms with E-state index in [0.717, 1.165) is 17.5 Å². The summed E-state index contributed by atoms with van der Waals surface area (Å²) in [4.78, 5) is 23.7. The molecule has 0 saturated heterocycles. The Labute approximate surface area is 155 Å². The van der Waals surface area contributed by atoms with E-state index in [4.69, 9.17) is 5.73 Å². The maximum absolute atomic E-state index is 12.6. The summed E-state index contributed by atoms with van der Waals surface area (Å²) in [7, 11) is 0. The molecule has 2 aromatic rings. The number of amides is 3. The van der Waals surface area contributed by atoms with Crippen LogP contribution >= 0.6 is 0 Å². The van der Waals surface area contributed by atoms with E-state index in [-0.39, 0.29) is 12.0 Å². The third kappa shape index (κ3) is 5.17. The van der Waals surface area contributed by atoms with Crippen molar-refractivity contribution < 1.29 is 9.59 Å². The summed E-state index contributed by atoms with van der Waals surface area (Å²) >= 11 is 0. The minimum atomic E-state index is -0.855. The van der Waals surface area contributed by atoms with Crippen LogP contribution in [0.3, 0.4) is 0 Å². The maximum atomic E-state index is 12.6. The van der Waals surface area contributed by atoms with Gasteiger partial charge in [0, 0.05) is 6.04 Å². The molecule has 0 fully saturated rings. The van der Waals surface area contributed by atoms with Crippen molar-refractivity contribution in [1.29, 1.82) is 0 Å². The average molecular weight is 353 g/mol. The molecule has 2 aromatic carbocycles. The standard InChI is InChI=1S/C21H27N3O2/c1-4-15-10-12-17(13-11-15)18(14(2)3)23-19(20(25)24-21(22)26)16-8-6-5-7-9-16/h5-14,18-19,23H,4H2,1-3H3,(H3,22,24,25,26)/t18-,19+/m0/s1. The van der Waals surface area contributed by atoms with E-state index >= 15 is 0 Å². The number of nitrogens with two attached hydrogens (primary N) is 1. The van der Waals surface area contributed by atoms with Crippen LogP contribution in [0.25, 0.3) is 0 Å². The first-order valence-electron chi connectivity index (χ1n) is 8.92. The fourth-order valence-electron chi connectivity index (χ4n) is 2.98. The first kappa shape index (κ1) is 19.7. The van der Waals surface area contributed by atoms with Gasteiger partial charge in [0.2, 0.25) is 5.91 Å². The molecule has 0 saturated carbocycles. The minimum absolute atomic E-state index is 0.0512. The lowest BCUT2D eigenvalue weighted by Gasteiger charge is -2.28. The number of hydrogen-bond donors (Lipinski definition) is 3. The number of carbonyl (C=O) groups is 2. The van der Waals surface area contributed by atoms with Gasteiger partial charge >= 0.3 is 6.03 Å². The molecule has 0 spiro atoms. The molecular formula is C21H27N3O2. The number of primary amides is 1. The van der Waals surface area contributed by atoms with Crippen molar-refractivity contribution >= 4 is 11.9 Å². The highest BCUT2D eigenvalue weighted by molar-refractivity contribution is 5.96. The van der Waals surface area contributed by atoms with E-state index in [2.05, 4.69) is 55.7 Å². The molecule has 2 rings (SSSR count). The normalized spacial score (nSPS) is 13.2. The Kier molecular flexibility index (Phi) is 6.92. The van der Waals surface area contributed by atoms with E-state index < -0.39 is 18.0 Å². The van der Waals surface area contributed by atoms with Gasteiger partial charge in [0.25, 0.3) is 0 Å². The number of carbonyl (C=O) groups excluding carboxylic acids is 2. The van der Waals surface area contributed by atoms with Crippen molar-refractivity contribution in [2.45, 2.75) is 39.3 Å². The Bertz CT molecular complexity index is 727. The van der Waals surface area contributed by atoms with E-state index in [1.165, 1.54) is 5.56 Å². The van der Waals surface area contributed by atoms with E-state index in [1.807, 2.05) is 30.3 Å². The summed E-state index contributed by atoms with van der Waals surface area (Å²) < 4.78 is 0. The smallest absolute Gasteiger partial charge is 0.318 e. The summed E-state index contributed by atoms with van der Waals surface area (Å²) in [5.74, 6) is -0.213. The van der Waals surface area contributed by atoms with Gasteiger partial charge in [-0.2, -0.15) is 0 Å². The predicted molar refractivity (Wildman–Crippen MR) is 103 cm³/mol. The molecule has 0 radical (unpaired) electrons. The molecule has 4 N–H and O–H groups in total. The van der Waals surface area contributed by atoms with Gasteiger partial charge in [0.1, 0.15) is 6.04 Å². The summed E-state index contributed by atoms with van der Waals surface area (Å²) in [5.41, 5.74) is 8.29. The van der Waals surface area contributed by atoms with Gasteiger partial charge in [0.05, 0.1) is 0 Å². The molecule has 0 heterocycles. The summed E-state index contributed by atoms with van der Waals surface area (Å²) in [6.45, 7) is 6.31. The molecule has 2 atom stereocenters. The van der Waals surface area contributed by atoms with Gasteiger partial charge in [0.15, 0.2) is 0 Å². The fraction of sp³-hybridized carbons (Fsp3) is 0.333. The Morgan fingerprint density at radius 3 is 2.08 bits per heavy atom. The minimum Gasteiger partial charge on any atom is -0.351 e. The zero-order valence-electron chi connectivity index (χ0n) is 15.5. The van der Waals surface area contributed by atoms with Crippen LogP contribution in [-0.2, 0) is 11.2 Å². The number of hydrogen-bond acceptors (Lipinski definition) is 3. The fourth-order valence-corrected chi connectivity index (χ4v) is 2.98. The lowest BCUT2D eigenvalue weighted by Crippen LogP contribution is -2.44. The molecular weight excluding hydrogens is 326 g/mol. The van der Waals surface area contributed by atoms with Crippen LogP contribution in [0.4, 0.5) is 4.79 Å². The van der Waals surface area contributed by atoms with Gasteiger partial charge in [-0.1, -0.05) is 75.4 Å². The Hall–Kier alpha value is -2.66. The molecule has 0 aliphatic heterocycles. The first-order valence-corrected chi connectivity index (χ1v) is 8.92. The second-order valence-corrected chi connectivity index (χ2v) is 6.68. The highest BCUT2D eigenvalue weighted by Crippen LogP contribution is 2.26. The molecule has 0 aliphatic rings. The maximum Gasteiger partial charge on any atom is 0.318 e. The molecule has 0 unspecified atom stereocenters. The number of urea groups is 1. The van der Waals surface area contributed by atoms with Crippen molar-refractivity contribution in [3.8, 4) is 0 Å². The molecule has 5 heteroatoms. The molecule has 5 nitrogen and oxygen atoms in total. The van der Waals surface area contributed by atoms with Crippen LogP contribution in [0.5, 0.6) is 0 Å². The molecule has 0 bridgehead atoms. The lowest BCUT2D eigenvalue weighted by atomic mass is 9.93. The van der Waals surface area contributed by atoms with Gasteiger partial charge in [-0.15, -0.1) is 0 Å². The van der Waals surface area contributed by atoms with Crippen LogP contribution in [-0.4, -0.2) is 11.9 Å². The number of nitrogens with one attached hydrogen (secondary N) is 2. The van der Waals surface area contributed by atoms with Gasteiger partial charge < -0.3 is 5.73 Å². The molecule has 138 valence electrons. The number of imide groups is 1. The Morgan fingerprint density at radius 1 is 0.962 bits per heavy atom. The Morgan fingerprint density at radius 2 is 1.58 bits per heavy atom. The van der Waals surface area contributed by atoms with E-state index in [9.17, 15) is 9.59 Å². The third-order valence-corrected chi connectivity index (χ3v) is 4.40. The van der Waals surface area contributed by atoms with Crippen LogP contribution in [0.15, 0.2) is 54.6 Å². The predicted octanol–water partition coefficient (Wildman–Crippen LogP) is 3.47. The van der Waals surface area contributed by atoms with E-state index in [0.29, 0.717) is 0 Å². The van der Waals surface area contributed by atoms with Gasteiger partial charge in [-0.3, -0.25) is 15.4 Å². The van der Waals surface area contributed by atoms with Crippen LogP contribution < -0.4 is 16.4 Å². The highest BCUT2D eigenvalue weighted by atomic mass is 16.2. The largest absolute Gasteiger partial charge is 0.351 e. The lowest BCUT2D eigenvalue weighted by molar-refractivity contribution is -0.122. The van der Waals surface area contributed by atoms with Crippen molar-refractivity contribution in [1.82, 2.24) is 10.6 Å². The highest BCUT2D eigenvalue weighted by Gasteiger charge is 2.27. The first-order chi connectivity index (χ1) is 12.4. The monoisotopic (exact) mass is 353 g/mol. The zero-order chi connectivity index (χ0) is 19.1. The van der Waals surface area contributed by atoms with Crippen molar-refractivity contribution in [3.05, 3.63) is 71.3 Å². The second kappa shape index (κ2) is 9.15. The number of aryl methyl sites for hydroxylation is 1. The molecule has 3 amide bonds.